The molecule has 0 atom stereocenters. The van der Waals surface area contributed by atoms with E-state index in [0.717, 1.165) is 5.56 Å². The fourth-order valence-electron chi connectivity index (χ4n) is 1.30. The first-order chi connectivity index (χ1) is 7.83. The third-order valence-corrected chi connectivity index (χ3v) is 1.95. The standard InChI is InChI=1S/C12H16O4/c1-14-9-16-11-7-3-5-10(6-4-8-13)12(11)15-2/h3-7,13H,8-9H2,1-2H3/b6-4+. The lowest BCUT2D eigenvalue weighted by Crippen LogP contribution is -2.01. The predicted octanol–water partition coefficient (Wildman–Crippen LogP) is 1.68. The van der Waals surface area contributed by atoms with Crippen molar-refractivity contribution in [2.24, 2.45) is 0 Å². The van der Waals surface area contributed by atoms with Crippen LogP contribution in [0.3, 0.4) is 0 Å². The molecule has 1 N–H and O–H groups in total. The maximum atomic E-state index is 8.72. The van der Waals surface area contributed by atoms with Crippen molar-refractivity contribution in [1.82, 2.24) is 0 Å². The second kappa shape index (κ2) is 6.87. The van der Waals surface area contributed by atoms with Gasteiger partial charge in [0.2, 0.25) is 0 Å². The van der Waals surface area contributed by atoms with Crippen LogP contribution in [0.5, 0.6) is 11.5 Å². The monoisotopic (exact) mass is 224 g/mol. The lowest BCUT2D eigenvalue weighted by Gasteiger charge is -2.11. The average Bonchev–Trinajstić information content (AvgIpc) is 2.33. The molecule has 0 heterocycles. The molecule has 0 fully saturated rings. The van der Waals surface area contributed by atoms with E-state index in [1.54, 1.807) is 32.4 Å². The molecule has 0 radical (unpaired) electrons. The Labute approximate surface area is 95.1 Å². The van der Waals surface area contributed by atoms with E-state index < -0.39 is 0 Å². The van der Waals surface area contributed by atoms with Gasteiger partial charge in [-0.2, -0.15) is 0 Å². The first-order valence-electron chi connectivity index (χ1n) is 4.89. The van der Waals surface area contributed by atoms with Crippen LogP contribution in [0.2, 0.25) is 0 Å². The summed E-state index contributed by atoms with van der Waals surface area (Å²) in [5, 5.41) is 8.72. The summed E-state index contributed by atoms with van der Waals surface area (Å²) in [5.74, 6) is 1.24. The van der Waals surface area contributed by atoms with Crippen LogP contribution in [0.25, 0.3) is 6.08 Å². The normalized spacial score (nSPS) is 10.7. The largest absolute Gasteiger partial charge is 0.492 e. The number of aliphatic hydroxyl groups is 1. The molecule has 0 aliphatic rings. The highest BCUT2D eigenvalue weighted by Crippen LogP contribution is 2.31. The van der Waals surface area contributed by atoms with Gasteiger partial charge >= 0.3 is 0 Å². The summed E-state index contributed by atoms with van der Waals surface area (Å²) >= 11 is 0. The van der Waals surface area contributed by atoms with Gasteiger partial charge in [0, 0.05) is 12.7 Å². The Morgan fingerprint density at radius 2 is 2.12 bits per heavy atom. The van der Waals surface area contributed by atoms with Crippen molar-refractivity contribution in [3.8, 4) is 11.5 Å². The molecule has 0 aliphatic carbocycles. The minimum absolute atomic E-state index is 0.00763. The van der Waals surface area contributed by atoms with Gasteiger partial charge in [-0.05, 0) is 6.07 Å². The van der Waals surface area contributed by atoms with Gasteiger partial charge in [0.15, 0.2) is 18.3 Å². The zero-order valence-electron chi connectivity index (χ0n) is 9.47. The quantitative estimate of drug-likeness (QED) is 0.747. The van der Waals surface area contributed by atoms with E-state index in [1.165, 1.54) is 0 Å². The maximum absolute atomic E-state index is 8.72. The summed E-state index contributed by atoms with van der Waals surface area (Å²) in [6, 6.07) is 5.53. The number of methoxy groups -OCH3 is 2. The van der Waals surface area contributed by atoms with Crippen LogP contribution in [0.4, 0.5) is 0 Å². The molecule has 4 nitrogen and oxygen atoms in total. The average molecular weight is 224 g/mol. The molecule has 0 saturated heterocycles. The molecule has 4 heteroatoms. The third-order valence-electron chi connectivity index (χ3n) is 1.95. The summed E-state index contributed by atoms with van der Waals surface area (Å²) in [6.45, 7) is 0.163. The van der Waals surface area contributed by atoms with E-state index in [0.29, 0.717) is 11.5 Å². The van der Waals surface area contributed by atoms with Crippen molar-refractivity contribution in [1.29, 1.82) is 0 Å². The van der Waals surface area contributed by atoms with Crippen LogP contribution < -0.4 is 9.47 Å². The first kappa shape index (κ1) is 12.5. The van der Waals surface area contributed by atoms with E-state index in [1.807, 2.05) is 12.1 Å². The minimum atomic E-state index is -0.00763. The van der Waals surface area contributed by atoms with Gasteiger partial charge in [-0.15, -0.1) is 0 Å². The minimum Gasteiger partial charge on any atom is -0.492 e. The highest BCUT2D eigenvalue weighted by Gasteiger charge is 2.07. The second-order valence-corrected chi connectivity index (χ2v) is 3.01. The van der Waals surface area contributed by atoms with Crippen LogP contribution in [0.1, 0.15) is 5.56 Å². The molecule has 0 aliphatic heterocycles. The van der Waals surface area contributed by atoms with Gasteiger partial charge in [0.25, 0.3) is 0 Å². The Morgan fingerprint density at radius 3 is 2.75 bits per heavy atom. The molecule has 1 aromatic carbocycles. The smallest absolute Gasteiger partial charge is 0.188 e. The van der Waals surface area contributed by atoms with Crippen LogP contribution in [-0.2, 0) is 4.74 Å². The fraction of sp³-hybridized carbons (Fsp3) is 0.333. The predicted molar refractivity (Wildman–Crippen MR) is 61.6 cm³/mol. The lowest BCUT2D eigenvalue weighted by atomic mass is 10.1. The number of rotatable bonds is 6. The van der Waals surface area contributed by atoms with E-state index in [4.69, 9.17) is 19.3 Å². The molecule has 1 aromatic rings. The van der Waals surface area contributed by atoms with E-state index in [-0.39, 0.29) is 13.4 Å². The van der Waals surface area contributed by atoms with Crippen molar-refractivity contribution in [2.45, 2.75) is 0 Å². The lowest BCUT2D eigenvalue weighted by molar-refractivity contribution is 0.0491. The maximum Gasteiger partial charge on any atom is 0.188 e. The van der Waals surface area contributed by atoms with E-state index >= 15 is 0 Å². The molecular weight excluding hydrogens is 208 g/mol. The second-order valence-electron chi connectivity index (χ2n) is 3.01. The Hall–Kier alpha value is -1.52. The van der Waals surface area contributed by atoms with Crippen molar-refractivity contribution >= 4 is 6.08 Å². The summed E-state index contributed by atoms with van der Waals surface area (Å²) in [4.78, 5) is 0. The van der Waals surface area contributed by atoms with Gasteiger partial charge in [0.1, 0.15) is 0 Å². The molecule has 0 aromatic heterocycles. The number of aliphatic hydroxyl groups excluding tert-OH is 1. The van der Waals surface area contributed by atoms with Gasteiger partial charge in [0.05, 0.1) is 13.7 Å². The zero-order valence-corrected chi connectivity index (χ0v) is 9.47. The molecular formula is C12H16O4. The van der Waals surface area contributed by atoms with Crippen LogP contribution in [0.15, 0.2) is 24.3 Å². The van der Waals surface area contributed by atoms with E-state index in [9.17, 15) is 0 Å². The van der Waals surface area contributed by atoms with Crippen molar-refractivity contribution in [3.63, 3.8) is 0 Å². The van der Waals surface area contributed by atoms with Crippen molar-refractivity contribution in [3.05, 3.63) is 29.8 Å². The molecule has 88 valence electrons. The highest BCUT2D eigenvalue weighted by molar-refractivity contribution is 5.62. The molecule has 1 rings (SSSR count). The van der Waals surface area contributed by atoms with Crippen LogP contribution >= 0.6 is 0 Å². The fourth-order valence-corrected chi connectivity index (χ4v) is 1.30. The van der Waals surface area contributed by atoms with Gasteiger partial charge in [-0.25, -0.2) is 0 Å². The van der Waals surface area contributed by atoms with Crippen molar-refractivity contribution in [2.75, 3.05) is 27.6 Å². The summed E-state index contributed by atoms with van der Waals surface area (Å²) in [5.41, 5.74) is 0.852. The number of ether oxygens (including phenoxy) is 3. The number of para-hydroxylation sites is 1. The number of hydrogen-bond acceptors (Lipinski definition) is 4. The SMILES string of the molecule is COCOc1cccc(/C=C/CO)c1OC. The number of benzene rings is 1. The third kappa shape index (κ3) is 3.25. The molecule has 0 spiro atoms. The van der Waals surface area contributed by atoms with Crippen LogP contribution in [-0.4, -0.2) is 32.7 Å². The topological polar surface area (TPSA) is 47.9 Å². The van der Waals surface area contributed by atoms with Gasteiger partial charge in [-0.1, -0.05) is 24.3 Å². The molecule has 0 unspecified atom stereocenters. The Bertz CT molecular complexity index is 347. The summed E-state index contributed by atoms with van der Waals surface area (Å²) < 4.78 is 15.4. The van der Waals surface area contributed by atoms with Gasteiger partial charge in [-0.3, -0.25) is 0 Å². The van der Waals surface area contributed by atoms with Gasteiger partial charge < -0.3 is 19.3 Å². The zero-order chi connectivity index (χ0) is 11.8. The highest BCUT2D eigenvalue weighted by atomic mass is 16.7. The summed E-state index contributed by atoms with van der Waals surface area (Å²) in [7, 11) is 3.13. The Kier molecular flexibility index (Phi) is 5.39. The Morgan fingerprint density at radius 1 is 1.31 bits per heavy atom. The molecule has 0 bridgehead atoms. The van der Waals surface area contributed by atoms with E-state index in [2.05, 4.69) is 0 Å². The van der Waals surface area contributed by atoms with Crippen LogP contribution in [0, 0.1) is 0 Å². The molecule has 16 heavy (non-hydrogen) atoms. The molecule has 0 amide bonds. The summed E-state index contributed by atoms with van der Waals surface area (Å²) in [6.07, 6.45) is 3.41. The first-order valence-corrected chi connectivity index (χ1v) is 4.89. The van der Waals surface area contributed by atoms with Crippen molar-refractivity contribution < 1.29 is 19.3 Å². The number of hydrogen-bond donors (Lipinski definition) is 1. The Balaban J connectivity index is 2.95. The molecule has 0 saturated carbocycles.